The maximum atomic E-state index is 13.4. The average Bonchev–Trinajstić information content (AvgIpc) is 0.771. The summed E-state index contributed by atoms with van der Waals surface area (Å²) in [6.45, 7) is -1.05. The molecule has 0 bridgehead atoms. The average molecular weight is 1610 g/mol. The summed E-state index contributed by atoms with van der Waals surface area (Å²) in [4.78, 5) is 51.3. The molecule has 0 saturated carbocycles. The molecule has 9 aliphatic rings. The van der Waals surface area contributed by atoms with Crippen LogP contribution in [0.3, 0.4) is 0 Å². The third-order valence-electron chi connectivity index (χ3n) is 20.3. The van der Waals surface area contributed by atoms with Gasteiger partial charge in [-0.25, -0.2) is 0 Å². The van der Waals surface area contributed by atoms with Crippen LogP contribution >= 0.6 is 0 Å². The van der Waals surface area contributed by atoms with Gasteiger partial charge in [0.15, 0.2) is 56.6 Å². The summed E-state index contributed by atoms with van der Waals surface area (Å²) in [5.41, 5.74) is 0. The van der Waals surface area contributed by atoms with Gasteiger partial charge in [0.05, 0.1) is 58.5 Å². The minimum absolute atomic E-state index is 0.837. The molecule has 4 amide bonds. The highest BCUT2D eigenvalue weighted by molar-refractivity contribution is 5.74. The van der Waals surface area contributed by atoms with Gasteiger partial charge in [-0.3, -0.25) is 19.2 Å². The zero-order valence-electron chi connectivity index (χ0n) is 59.8. The second-order valence-electron chi connectivity index (χ2n) is 28.2. The number of aliphatic hydroxyl groups excluding tert-OH is 23. The highest BCUT2D eigenvalue weighted by atomic mass is 16.8. The molecule has 0 radical (unpaired) electrons. The van der Waals surface area contributed by atoms with Gasteiger partial charge < -0.3 is 219 Å². The molecule has 0 aromatic rings. The van der Waals surface area contributed by atoms with Gasteiger partial charge in [0, 0.05) is 27.7 Å². The predicted molar refractivity (Wildman–Crippen MR) is 341 cm³/mol. The van der Waals surface area contributed by atoms with Crippen LogP contribution in [0.25, 0.3) is 0 Å². The summed E-state index contributed by atoms with van der Waals surface area (Å²) < 4.78 is 102. The number of aliphatic hydroxyl groups is 23. The van der Waals surface area contributed by atoms with Gasteiger partial charge >= 0.3 is 0 Å². The Bertz CT molecular complexity index is 2940. The van der Waals surface area contributed by atoms with E-state index in [1.54, 1.807) is 0 Å². The first-order valence-electron chi connectivity index (χ1n) is 35.3. The van der Waals surface area contributed by atoms with E-state index in [1.807, 2.05) is 0 Å². The quantitative estimate of drug-likeness (QED) is 0.0363. The van der Waals surface area contributed by atoms with Crippen molar-refractivity contribution < 1.29 is 217 Å². The smallest absolute Gasteiger partial charge is 0.217 e. The fourth-order valence-electron chi connectivity index (χ4n) is 14.2. The van der Waals surface area contributed by atoms with Crippen LogP contribution in [0.5, 0.6) is 0 Å². The molecule has 9 fully saturated rings. The highest BCUT2D eigenvalue weighted by Gasteiger charge is 2.61. The molecule has 636 valence electrons. The van der Waals surface area contributed by atoms with Crippen LogP contribution in [0, 0.1) is 0 Å². The van der Waals surface area contributed by atoms with Gasteiger partial charge in [0.25, 0.3) is 0 Å². The molecule has 0 aromatic heterocycles. The Kier molecular flexibility index (Phi) is 32.0. The van der Waals surface area contributed by atoms with Crippen molar-refractivity contribution in [1.82, 2.24) is 21.3 Å². The molecule has 0 aliphatic carbocycles. The SMILES string of the molecule is CC(=O)N[C@H]1[C@H](O[C@H]2[C@H](O[C@@H]3O[C@@H](C)[C@@H](O)[C@@H](O)[C@@H]3O)[C@@H](NC(C)=O)C(O)O[C@@H]2CO[C@@H]2O[C@@H](C)[C@@H](O)[C@@H](O)[C@@H]2O)O[C@H](CO)[C@@H](O[C@@H]2O[C@H](CO[C@H]3O[C@H](CO)[C@@H](O)[C@H](O)[C@@H]3O[C@@H]3O[C@H](CO)[C@@H](O)[C@H](O)[C@H]3NC(C)=O)[C@@H](O)[C@H](O[C@H]3O[C@H](CO)[C@@H](O)[C@H](O)[C@@H]3O[C@@H]3O[C@H](CO)[C@@H](O)[C@H](O)[C@H]3NC(C)=O)[C@@H]2O)[C@@H]1O. The maximum absolute atomic E-state index is 13.4. The number of carbonyl (C=O) groups is 4. The molecule has 0 aromatic carbocycles. The summed E-state index contributed by atoms with van der Waals surface area (Å²) in [5.74, 6) is -3.59. The number of hydrogen-bond acceptors (Lipinski definition) is 44. The Balaban J connectivity index is 1.08. The van der Waals surface area contributed by atoms with E-state index in [1.165, 1.54) is 13.8 Å². The van der Waals surface area contributed by atoms with E-state index in [0.717, 1.165) is 27.7 Å². The van der Waals surface area contributed by atoms with Crippen molar-refractivity contribution in [3.8, 4) is 0 Å². The van der Waals surface area contributed by atoms with Crippen molar-refractivity contribution in [1.29, 1.82) is 0 Å². The number of nitrogens with one attached hydrogen (secondary N) is 4. The van der Waals surface area contributed by atoms with Crippen molar-refractivity contribution in [2.75, 3.05) is 46.2 Å². The Hall–Kier alpha value is -3.72. The van der Waals surface area contributed by atoms with Crippen molar-refractivity contribution in [3.63, 3.8) is 0 Å². The zero-order valence-corrected chi connectivity index (χ0v) is 59.8. The van der Waals surface area contributed by atoms with E-state index in [4.69, 9.17) is 80.5 Å². The lowest BCUT2D eigenvalue weighted by Gasteiger charge is -2.51. The molecule has 48 heteroatoms. The van der Waals surface area contributed by atoms with Gasteiger partial charge in [-0.1, -0.05) is 0 Å². The Morgan fingerprint density at radius 3 is 1.05 bits per heavy atom. The lowest BCUT2D eigenvalue weighted by molar-refractivity contribution is -0.397. The first kappa shape index (κ1) is 90.2. The standard InChI is InChI=1S/C62H104N4O44/c1-14-31(76)41(86)45(90)58(96-14)94-13-26-49(50(30(54(93)98-26)66-19(6)75)107-59-46(91)42(87)32(77)15(2)97-59)106-57-29(65-18(5)74)40(85)48(24(11-71)103-57)105-60-47(92)51(108-62-53(44(89)36(81)23(10-70)102-62)110-56-28(64-17(4)73)39(84)34(79)21(8-68)100-56)37(82)25(104-60)12-95-61-52(43(88)35(80)22(9-69)101-61)109-55-27(63-16(3)72)38(83)33(78)20(7-67)99-55/h14-15,20-62,67-71,76-93H,7-13H2,1-6H3,(H,63,72)(H,64,73)(H,65,74)(H,66,75)/t14-,15-,20+,21+,22+,23+,24+,25+,26+,27+,28+,29+,30+,31+,32+,33+,34+,35+,36+,37+,38+,39+,40+,41+,42+,43-,44-,45-,46-,47-,48+,49+,50+,51-,52-,53-,54?,55-,56-,57-,58+,59-,60-,61-,62+/m0/s1. The molecule has 1 unspecified atom stereocenters. The molecule has 0 spiro atoms. The minimum atomic E-state index is -2.56. The van der Waals surface area contributed by atoms with E-state index in [9.17, 15) is 137 Å². The molecule has 45 atom stereocenters. The van der Waals surface area contributed by atoms with Gasteiger partial charge in [-0.2, -0.15) is 0 Å². The van der Waals surface area contributed by atoms with E-state index in [2.05, 4.69) is 21.3 Å². The third-order valence-corrected chi connectivity index (χ3v) is 20.3. The van der Waals surface area contributed by atoms with E-state index in [0.29, 0.717) is 0 Å². The summed E-state index contributed by atoms with van der Waals surface area (Å²) in [6, 6.07) is -7.39. The van der Waals surface area contributed by atoms with E-state index in [-0.39, 0.29) is 0 Å². The molecule has 48 nitrogen and oxygen atoms in total. The number of amides is 4. The highest BCUT2D eigenvalue weighted by Crippen LogP contribution is 2.40. The largest absolute Gasteiger partial charge is 0.394 e. The summed E-state index contributed by atoms with van der Waals surface area (Å²) >= 11 is 0. The fraction of sp³-hybridized carbons (Fsp3) is 0.935. The second kappa shape index (κ2) is 39.0. The molecular weight excluding hydrogens is 1500 g/mol. The Morgan fingerprint density at radius 1 is 0.255 bits per heavy atom. The molecule has 27 N–H and O–H groups in total. The van der Waals surface area contributed by atoms with Crippen molar-refractivity contribution in [3.05, 3.63) is 0 Å². The second-order valence-corrected chi connectivity index (χ2v) is 28.2. The van der Waals surface area contributed by atoms with Crippen LogP contribution in [0.1, 0.15) is 41.5 Å². The van der Waals surface area contributed by atoms with Gasteiger partial charge in [-0.05, 0) is 13.8 Å². The summed E-state index contributed by atoms with van der Waals surface area (Å²) in [5, 5.41) is 266. The maximum Gasteiger partial charge on any atom is 0.217 e. The van der Waals surface area contributed by atoms with Gasteiger partial charge in [0.1, 0.15) is 207 Å². The number of rotatable bonds is 27. The van der Waals surface area contributed by atoms with E-state index < -0.39 is 346 Å². The number of hydrogen-bond donors (Lipinski definition) is 27. The van der Waals surface area contributed by atoms with Crippen molar-refractivity contribution in [2.45, 2.75) is 318 Å². The van der Waals surface area contributed by atoms with Gasteiger partial charge in [0.2, 0.25) is 23.6 Å². The lowest BCUT2D eigenvalue weighted by atomic mass is 9.93. The van der Waals surface area contributed by atoms with Crippen LogP contribution in [-0.2, 0) is 99.7 Å². The third kappa shape index (κ3) is 19.9. The molecule has 9 rings (SSSR count). The predicted octanol–water partition coefficient (Wildman–Crippen LogP) is -18.0. The first-order chi connectivity index (χ1) is 51.9. The Labute approximate surface area is 624 Å². The Morgan fingerprint density at radius 2 is 0.582 bits per heavy atom. The van der Waals surface area contributed by atoms with Crippen LogP contribution in [-0.4, -0.2) is 463 Å². The van der Waals surface area contributed by atoms with Gasteiger partial charge in [-0.15, -0.1) is 0 Å². The van der Waals surface area contributed by atoms with Crippen LogP contribution < -0.4 is 21.3 Å². The number of carbonyl (C=O) groups excluding carboxylic acids is 4. The fourth-order valence-corrected chi connectivity index (χ4v) is 14.2. The minimum Gasteiger partial charge on any atom is -0.394 e. The van der Waals surface area contributed by atoms with Crippen molar-refractivity contribution in [2.24, 2.45) is 0 Å². The van der Waals surface area contributed by atoms with Crippen LogP contribution in [0.4, 0.5) is 0 Å². The topological polar surface area (TPSA) is 739 Å². The zero-order chi connectivity index (χ0) is 81.1. The van der Waals surface area contributed by atoms with Crippen molar-refractivity contribution >= 4 is 23.6 Å². The van der Waals surface area contributed by atoms with Crippen LogP contribution in [0.2, 0.25) is 0 Å². The summed E-state index contributed by atoms with van der Waals surface area (Å²) in [6.07, 6.45) is -82.7. The summed E-state index contributed by atoms with van der Waals surface area (Å²) in [7, 11) is 0. The van der Waals surface area contributed by atoms with Crippen LogP contribution in [0.15, 0.2) is 0 Å². The monoisotopic (exact) mass is 1610 g/mol. The molecule has 9 aliphatic heterocycles. The number of ether oxygens (including phenoxy) is 17. The normalized spacial score (nSPS) is 49.6. The molecule has 9 saturated heterocycles. The lowest BCUT2D eigenvalue weighted by Crippen LogP contribution is -2.71. The first-order valence-corrected chi connectivity index (χ1v) is 35.3. The molecule has 9 heterocycles. The molecular formula is C62H104N4O44. The van der Waals surface area contributed by atoms with E-state index >= 15 is 0 Å². The molecule has 110 heavy (non-hydrogen) atoms.